The lowest BCUT2D eigenvalue weighted by Crippen LogP contribution is -2.03. The van der Waals surface area contributed by atoms with E-state index in [1.807, 2.05) is 0 Å². The van der Waals surface area contributed by atoms with Crippen LogP contribution < -0.4 is 0 Å². The first kappa shape index (κ1) is 10.3. The van der Waals surface area contributed by atoms with E-state index in [1.165, 1.54) is 49.4 Å². The summed E-state index contributed by atoms with van der Waals surface area (Å²) in [6.45, 7) is 2.28. The fourth-order valence-electron chi connectivity index (χ4n) is 1.80. The van der Waals surface area contributed by atoms with Crippen LogP contribution in [0, 0.1) is 5.92 Å². The fourth-order valence-corrected chi connectivity index (χ4v) is 2.22. The largest absolute Gasteiger partial charge is 0.0741 e. The number of allylic oxidation sites excluding steroid dienone is 2. The van der Waals surface area contributed by atoms with Crippen molar-refractivity contribution >= 4 is 15.9 Å². The van der Waals surface area contributed by atoms with Gasteiger partial charge >= 0.3 is 0 Å². The van der Waals surface area contributed by atoms with Gasteiger partial charge in [-0.05, 0) is 29.7 Å². The Labute approximate surface area is 84.6 Å². The van der Waals surface area contributed by atoms with Crippen LogP contribution in [0.5, 0.6) is 0 Å². The van der Waals surface area contributed by atoms with Gasteiger partial charge in [-0.3, -0.25) is 0 Å². The topological polar surface area (TPSA) is 0 Å². The summed E-state index contributed by atoms with van der Waals surface area (Å²) in [6, 6.07) is 0. The summed E-state index contributed by atoms with van der Waals surface area (Å²) < 4.78 is 1.43. The Morgan fingerprint density at radius 3 is 2.92 bits per heavy atom. The minimum Gasteiger partial charge on any atom is -0.0741 e. The Hall–Kier alpha value is 0.220. The number of unbranched alkanes of at least 4 members (excludes halogenated alkanes) is 2. The molecule has 1 aliphatic rings. The summed E-state index contributed by atoms with van der Waals surface area (Å²) in [5.41, 5.74) is 0. The lowest BCUT2D eigenvalue weighted by Gasteiger charge is -2.19. The van der Waals surface area contributed by atoms with Crippen LogP contribution in [0.2, 0.25) is 0 Å². The van der Waals surface area contributed by atoms with Crippen LogP contribution in [0.25, 0.3) is 0 Å². The van der Waals surface area contributed by atoms with Gasteiger partial charge in [-0.1, -0.05) is 54.6 Å². The summed E-state index contributed by atoms with van der Waals surface area (Å²) in [4.78, 5) is 0. The summed E-state index contributed by atoms with van der Waals surface area (Å²) in [5, 5.41) is 0. The molecule has 0 radical (unpaired) electrons. The minimum atomic E-state index is 0.984. The van der Waals surface area contributed by atoms with Crippen molar-refractivity contribution < 1.29 is 0 Å². The Balaban J connectivity index is 2.10. The molecule has 12 heavy (non-hydrogen) atoms. The Morgan fingerprint density at radius 1 is 1.50 bits per heavy atom. The Kier molecular flexibility index (Phi) is 4.98. The second-order valence-corrected chi connectivity index (χ2v) is 4.81. The second-order valence-electron chi connectivity index (χ2n) is 3.79. The highest BCUT2D eigenvalue weighted by molar-refractivity contribution is 9.11. The highest BCUT2D eigenvalue weighted by Gasteiger charge is 2.11. The molecule has 0 amide bonds. The van der Waals surface area contributed by atoms with Gasteiger partial charge in [-0.15, -0.1) is 0 Å². The summed E-state index contributed by atoms with van der Waals surface area (Å²) in [5.74, 6) is 0.984. The predicted octanol–water partition coefficient (Wildman–Crippen LogP) is 4.65. The van der Waals surface area contributed by atoms with Crippen molar-refractivity contribution in [3.63, 3.8) is 0 Å². The number of rotatable bonds is 4. The van der Waals surface area contributed by atoms with Gasteiger partial charge in [-0.25, -0.2) is 0 Å². The van der Waals surface area contributed by atoms with Crippen LogP contribution in [0.1, 0.15) is 51.9 Å². The lowest BCUT2D eigenvalue weighted by atomic mass is 9.90. The van der Waals surface area contributed by atoms with E-state index < -0.39 is 0 Å². The van der Waals surface area contributed by atoms with Crippen molar-refractivity contribution in [2.24, 2.45) is 5.92 Å². The van der Waals surface area contributed by atoms with Crippen molar-refractivity contribution in [1.82, 2.24) is 0 Å². The molecular formula is C11H19Br. The van der Waals surface area contributed by atoms with Crippen LogP contribution in [0.3, 0.4) is 0 Å². The molecular weight excluding hydrogens is 212 g/mol. The van der Waals surface area contributed by atoms with Gasteiger partial charge in [0.15, 0.2) is 0 Å². The molecule has 1 aliphatic carbocycles. The van der Waals surface area contributed by atoms with Crippen molar-refractivity contribution in [2.75, 3.05) is 0 Å². The van der Waals surface area contributed by atoms with Gasteiger partial charge < -0.3 is 0 Å². The van der Waals surface area contributed by atoms with Crippen LogP contribution in [0.15, 0.2) is 10.6 Å². The van der Waals surface area contributed by atoms with E-state index in [0.29, 0.717) is 0 Å². The third-order valence-electron chi connectivity index (χ3n) is 2.68. The van der Waals surface area contributed by atoms with Crippen LogP contribution in [0.4, 0.5) is 0 Å². The maximum absolute atomic E-state index is 3.56. The van der Waals surface area contributed by atoms with Gasteiger partial charge in [0.25, 0.3) is 0 Å². The van der Waals surface area contributed by atoms with Crippen LogP contribution >= 0.6 is 15.9 Å². The highest BCUT2D eigenvalue weighted by atomic mass is 79.9. The first-order valence-electron chi connectivity index (χ1n) is 5.17. The normalized spacial score (nSPS) is 23.8. The molecule has 0 aliphatic heterocycles. The average molecular weight is 231 g/mol. The predicted molar refractivity (Wildman–Crippen MR) is 58.5 cm³/mol. The zero-order chi connectivity index (χ0) is 8.81. The van der Waals surface area contributed by atoms with Crippen molar-refractivity contribution in [3.05, 3.63) is 10.6 Å². The molecule has 0 fully saturated rings. The third-order valence-corrected chi connectivity index (χ3v) is 3.40. The molecule has 1 atom stereocenters. The van der Waals surface area contributed by atoms with E-state index in [0.717, 1.165) is 5.92 Å². The highest BCUT2D eigenvalue weighted by Crippen LogP contribution is 2.29. The first-order chi connectivity index (χ1) is 5.83. The van der Waals surface area contributed by atoms with Gasteiger partial charge in [-0.2, -0.15) is 0 Å². The first-order valence-corrected chi connectivity index (χ1v) is 5.96. The molecule has 0 saturated heterocycles. The monoisotopic (exact) mass is 230 g/mol. The molecule has 0 N–H and O–H groups in total. The molecule has 0 aromatic rings. The number of hydrogen-bond donors (Lipinski definition) is 0. The van der Waals surface area contributed by atoms with E-state index in [2.05, 4.69) is 28.9 Å². The molecule has 70 valence electrons. The molecule has 1 heteroatoms. The molecule has 0 heterocycles. The van der Waals surface area contributed by atoms with Gasteiger partial charge in [0.05, 0.1) is 0 Å². The van der Waals surface area contributed by atoms with Gasteiger partial charge in [0.1, 0.15) is 0 Å². The molecule has 0 aromatic heterocycles. The second kappa shape index (κ2) is 5.80. The van der Waals surface area contributed by atoms with E-state index in [9.17, 15) is 0 Å². The van der Waals surface area contributed by atoms with Crippen molar-refractivity contribution in [1.29, 1.82) is 0 Å². The number of halogens is 1. The summed E-state index contributed by atoms with van der Waals surface area (Å²) >= 11 is 3.56. The van der Waals surface area contributed by atoms with Gasteiger partial charge in [0.2, 0.25) is 0 Å². The van der Waals surface area contributed by atoms with E-state index in [4.69, 9.17) is 0 Å². The molecule has 0 bridgehead atoms. The number of hydrogen-bond acceptors (Lipinski definition) is 0. The molecule has 0 unspecified atom stereocenters. The molecule has 1 rings (SSSR count). The van der Waals surface area contributed by atoms with Crippen LogP contribution in [-0.4, -0.2) is 0 Å². The molecule has 0 aromatic carbocycles. The fraction of sp³-hybridized carbons (Fsp3) is 0.818. The molecule has 0 saturated carbocycles. The van der Waals surface area contributed by atoms with Crippen LogP contribution in [-0.2, 0) is 0 Å². The smallest absolute Gasteiger partial charge is 0.00890 e. The average Bonchev–Trinajstić information content (AvgIpc) is 2.09. The molecule has 0 spiro atoms. The van der Waals surface area contributed by atoms with Crippen molar-refractivity contribution in [2.45, 2.75) is 51.9 Å². The van der Waals surface area contributed by atoms with E-state index >= 15 is 0 Å². The third kappa shape index (κ3) is 3.75. The Bertz CT molecular complexity index is 149. The SMILES string of the molecule is CCCCC[C@H]1CC=C(Br)CC1. The lowest BCUT2D eigenvalue weighted by molar-refractivity contribution is 0.422. The summed E-state index contributed by atoms with van der Waals surface area (Å²) in [6.07, 6.45) is 12.0. The quantitative estimate of drug-likeness (QED) is 0.618. The van der Waals surface area contributed by atoms with E-state index in [-0.39, 0.29) is 0 Å². The summed E-state index contributed by atoms with van der Waals surface area (Å²) in [7, 11) is 0. The maximum atomic E-state index is 3.56. The maximum Gasteiger partial charge on any atom is -0.00890 e. The van der Waals surface area contributed by atoms with Crippen molar-refractivity contribution in [3.8, 4) is 0 Å². The van der Waals surface area contributed by atoms with E-state index in [1.54, 1.807) is 0 Å². The van der Waals surface area contributed by atoms with Gasteiger partial charge in [0, 0.05) is 0 Å². The zero-order valence-electron chi connectivity index (χ0n) is 7.98. The Morgan fingerprint density at radius 2 is 2.33 bits per heavy atom. The standard InChI is InChI=1S/C11H19Br/c1-2-3-4-5-10-6-8-11(12)9-7-10/h8,10H,2-7,9H2,1H3/t10-/m0/s1. The zero-order valence-corrected chi connectivity index (χ0v) is 9.57. The minimum absolute atomic E-state index is 0.984. The molecule has 0 nitrogen and oxygen atoms in total.